The summed E-state index contributed by atoms with van der Waals surface area (Å²) >= 11 is 3.98. The summed E-state index contributed by atoms with van der Waals surface area (Å²) in [6, 6.07) is -1.53. The van der Waals surface area contributed by atoms with Crippen LogP contribution in [0.25, 0.3) is 0 Å². The van der Waals surface area contributed by atoms with Crippen LogP contribution in [0.3, 0.4) is 0 Å². The zero-order valence-corrected chi connectivity index (χ0v) is 24.4. The van der Waals surface area contributed by atoms with E-state index in [1.54, 1.807) is 22.8 Å². The number of carbonyl (C=O) groups is 4. The number of hydrogen-bond donors (Lipinski definition) is 6. The smallest absolute Gasteiger partial charge is 0.352 e. The van der Waals surface area contributed by atoms with E-state index in [-0.39, 0.29) is 28.8 Å². The number of thioether (sulfide) groups is 2. The van der Waals surface area contributed by atoms with Crippen LogP contribution in [0.1, 0.15) is 5.69 Å². The first kappa shape index (κ1) is 29.1. The summed E-state index contributed by atoms with van der Waals surface area (Å²) in [6.45, 7) is 0.655. The van der Waals surface area contributed by atoms with Gasteiger partial charge >= 0.3 is 12.0 Å². The van der Waals surface area contributed by atoms with Gasteiger partial charge < -0.3 is 36.9 Å². The molecule has 0 unspecified atom stereocenters. The van der Waals surface area contributed by atoms with E-state index >= 15 is 0 Å². The Morgan fingerprint density at radius 1 is 1.33 bits per heavy atom. The molecule has 4 aliphatic heterocycles. The Kier molecular flexibility index (Phi) is 8.50. The molecule has 1 aromatic heterocycles. The number of thiazole rings is 1. The van der Waals surface area contributed by atoms with Gasteiger partial charge in [-0.1, -0.05) is 5.16 Å². The number of fused-ring (bicyclic) bond motifs is 2. The Labute approximate surface area is 251 Å². The summed E-state index contributed by atoms with van der Waals surface area (Å²) in [5.41, 5.74) is 14.5. The van der Waals surface area contributed by atoms with Crippen LogP contribution in [0.5, 0.6) is 0 Å². The van der Waals surface area contributed by atoms with Gasteiger partial charge in [0.05, 0.1) is 5.03 Å². The van der Waals surface area contributed by atoms with E-state index < -0.39 is 35.2 Å². The third-order valence-corrected chi connectivity index (χ3v) is 9.23. The molecule has 0 bridgehead atoms. The number of nitrogens with one attached hydrogen (secondary N) is 3. The van der Waals surface area contributed by atoms with Crippen molar-refractivity contribution in [1.82, 2.24) is 35.9 Å². The number of urea groups is 1. The van der Waals surface area contributed by atoms with Gasteiger partial charge in [-0.2, -0.15) is 0 Å². The highest BCUT2D eigenvalue weighted by Gasteiger charge is 2.54. The van der Waals surface area contributed by atoms with E-state index in [4.69, 9.17) is 16.3 Å². The number of carbonyl (C=O) groups excluding carboxylic acids is 3. The summed E-state index contributed by atoms with van der Waals surface area (Å²) in [7, 11) is 1.27. The standard InChI is InChI=1S/C23H26N10O6S3/c1-39-30-15(12-10-42-23(25)27-12)18(34)28-16-19(35)33-17(21(36)37)11(9-41-20(16)33)8-31-5-6-32-14(31)3-2-13(29-32)40-7-4-26-22(24)38/h2-3,5-6,10,16,20,29H,4,7-9H2,1H3,(H2,25,27)(H,28,34)(H,36,37)(H3,24,26,38)/b30-15-/t16-,20+/m1/s1. The maximum Gasteiger partial charge on any atom is 0.352 e. The number of oxime groups is 1. The molecule has 8 N–H and O–H groups in total. The molecular weight excluding hydrogens is 609 g/mol. The number of allylic oxidation sites excluding steroid dienone is 2. The number of nitrogen functional groups attached to an aromatic ring is 1. The minimum absolute atomic E-state index is 0.0998. The van der Waals surface area contributed by atoms with E-state index in [1.165, 1.54) is 35.5 Å². The van der Waals surface area contributed by atoms with Gasteiger partial charge in [-0.3, -0.25) is 19.9 Å². The monoisotopic (exact) mass is 634 g/mol. The average molecular weight is 635 g/mol. The highest BCUT2D eigenvalue weighted by molar-refractivity contribution is 8.03. The predicted molar refractivity (Wildman–Crippen MR) is 157 cm³/mol. The normalized spacial score (nSPS) is 21.1. The second-order valence-corrected chi connectivity index (χ2v) is 12.0. The van der Waals surface area contributed by atoms with Gasteiger partial charge in [0.25, 0.3) is 11.8 Å². The van der Waals surface area contributed by atoms with Crippen molar-refractivity contribution in [3.05, 3.63) is 57.7 Å². The molecule has 2 atom stereocenters. The molecule has 19 heteroatoms. The molecule has 4 aliphatic rings. The number of primary amides is 1. The number of anilines is 1. The fraction of sp³-hybridized carbons (Fsp3) is 0.304. The molecule has 5 heterocycles. The van der Waals surface area contributed by atoms with Gasteiger partial charge in [-0.25, -0.2) is 19.6 Å². The number of amides is 4. The number of rotatable bonds is 11. The average Bonchev–Trinajstić information content (AvgIpc) is 3.57. The number of hydrazine groups is 1. The van der Waals surface area contributed by atoms with Crippen LogP contribution in [-0.2, 0) is 19.2 Å². The van der Waals surface area contributed by atoms with Crippen molar-refractivity contribution in [3.8, 4) is 0 Å². The molecule has 222 valence electrons. The zero-order chi connectivity index (χ0) is 30.0. The Bertz CT molecular complexity index is 1470. The molecule has 0 aromatic carbocycles. The zero-order valence-electron chi connectivity index (χ0n) is 22.0. The molecule has 16 nitrogen and oxygen atoms in total. The molecule has 0 radical (unpaired) electrons. The van der Waals surface area contributed by atoms with E-state index in [9.17, 15) is 24.3 Å². The maximum absolute atomic E-state index is 13.2. The molecular formula is C23H26N10O6S3. The Balaban J connectivity index is 1.26. The molecule has 1 saturated heterocycles. The van der Waals surface area contributed by atoms with Crippen LogP contribution in [0.2, 0.25) is 0 Å². The topological polar surface area (TPSA) is 221 Å². The van der Waals surface area contributed by atoms with Crippen LogP contribution in [0, 0.1) is 0 Å². The van der Waals surface area contributed by atoms with Crippen molar-refractivity contribution < 1.29 is 29.1 Å². The van der Waals surface area contributed by atoms with Crippen molar-refractivity contribution in [1.29, 1.82) is 0 Å². The molecule has 1 aromatic rings. The summed E-state index contributed by atoms with van der Waals surface area (Å²) in [4.78, 5) is 61.2. The Hall–Kier alpha value is -4.36. The first-order valence-corrected chi connectivity index (χ1v) is 15.2. The number of aliphatic carboxylic acids is 1. The second-order valence-electron chi connectivity index (χ2n) is 8.91. The fourth-order valence-electron chi connectivity index (χ4n) is 4.48. The number of β-lactam (4-membered cyclic amide) rings is 1. The molecule has 0 saturated carbocycles. The van der Waals surface area contributed by atoms with Gasteiger partial charge in [0.1, 0.15) is 35.7 Å². The summed E-state index contributed by atoms with van der Waals surface area (Å²) < 4.78 is 0. The first-order chi connectivity index (χ1) is 20.2. The quantitative estimate of drug-likeness (QED) is 0.0784. The van der Waals surface area contributed by atoms with E-state index in [1.807, 2.05) is 17.1 Å². The third kappa shape index (κ3) is 5.83. The van der Waals surface area contributed by atoms with Crippen molar-refractivity contribution in [2.24, 2.45) is 10.9 Å². The second kappa shape index (κ2) is 12.2. The Morgan fingerprint density at radius 3 is 2.83 bits per heavy atom. The molecule has 5 rings (SSSR count). The lowest BCUT2D eigenvalue weighted by molar-refractivity contribution is -0.150. The molecule has 42 heavy (non-hydrogen) atoms. The maximum atomic E-state index is 13.2. The SMILES string of the molecule is CO/N=C(\C(=O)N[C@@H]1C(=O)N2C(C(=O)O)=C(CN3C=CN4NC(SCCNC(N)=O)=CC=C34)CS[C@@H]12)c1csc(N)n1. The van der Waals surface area contributed by atoms with Crippen LogP contribution in [0.15, 0.2) is 57.2 Å². The largest absolute Gasteiger partial charge is 0.477 e. The summed E-state index contributed by atoms with van der Waals surface area (Å²) in [5.74, 6) is -0.749. The lowest BCUT2D eigenvalue weighted by Gasteiger charge is -2.49. The number of nitrogens with zero attached hydrogens (tertiary/aromatic N) is 5. The van der Waals surface area contributed by atoms with Crippen molar-refractivity contribution in [3.63, 3.8) is 0 Å². The van der Waals surface area contributed by atoms with Crippen molar-refractivity contribution in [2.45, 2.75) is 11.4 Å². The number of carboxylic acid groups (broad SMARTS) is 1. The molecule has 1 fully saturated rings. The highest BCUT2D eigenvalue weighted by Crippen LogP contribution is 2.41. The summed E-state index contributed by atoms with van der Waals surface area (Å²) in [6.07, 6.45) is 7.37. The van der Waals surface area contributed by atoms with E-state index in [0.29, 0.717) is 23.6 Å². The van der Waals surface area contributed by atoms with E-state index in [2.05, 4.69) is 26.2 Å². The number of hydrogen-bond acceptors (Lipinski definition) is 14. The van der Waals surface area contributed by atoms with Crippen LogP contribution < -0.4 is 27.5 Å². The third-order valence-electron chi connectivity index (χ3n) is 6.27. The lowest BCUT2D eigenvalue weighted by Crippen LogP contribution is -2.71. The minimum Gasteiger partial charge on any atom is -0.477 e. The molecule has 0 spiro atoms. The molecule has 4 amide bonds. The Morgan fingerprint density at radius 2 is 2.14 bits per heavy atom. The first-order valence-electron chi connectivity index (χ1n) is 12.3. The van der Waals surface area contributed by atoms with E-state index in [0.717, 1.165) is 22.2 Å². The van der Waals surface area contributed by atoms with Gasteiger partial charge in [0.15, 0.2) is 10.8 Å². The number of aromatic nitrogens is 1. The predicted octanol–water partition coefficient (Wildman–Crippen LogP) is -0.494. The van der Waals surface area contributed by atoms with Crippen LogP contribution in [-0.4, -0.2) is 97.5 Å². The minimum atomic E-state index is -1.23. The van der Waals surface area contributed by atoms with Crippen LogP contribution in [0.4, 0.5) is 9.93 Å². The van der Waals surface area contributed by atoms with Crippen molar-refractivity contribution in [2.75, 3.05) is 37.4 Å². The van der Waals surface area contributed by atoms with Gasteiger partial charge in [-0.05, 0) is 17.7 Å². The number of nitrogens with two attached hydrogens (primary N) is 2. The van der Waals surface area contributed by atoms with Gasteiger partial charge in [-0.15, -0.1) is 34.9 Å². The van der Waals surface area contributed by atoms with Crippen LogP contribution >= 0.6 is 34.9 Å². The summed E-state index contributed by atoms with van der Waals surface area (Å²) in [5, 5.41) is 22.8. The fourth-order valence-corrected chi connectivity index (χ4v) is 7.11. The highest BCUT2D eigenvalue weighted by atomic mass is 32.2. The van der Waals surface area contributed by atoms with Gasteiger partial charge in [0, 0.05) is 42.4 Å². The number of carboxylic acids is 1. The van der Waals surface area contributed by atoms with Crippen molar-refractivity contribution >= 4 is 69.5 Å². The van der Waals surface area contributed by atoms with Gasteiger partial charge in [0.2, 0.25) is 0 Å². The molecule has 0 aliphatic carbocycles. The lowest BCUT2D eigenvalue weighted by atomic mass is 10.0.